The van der Waals surface area contributed by atoms with Crippen LogP contribution < -0.4 is 9.47 Å². The van der Waals surface area contributed by atoms with Gasteiger partial charge in [-0.2, -0.15) is 0 Å². The van der Waals surface area contributed by atoms with Gasteiger partial charge in [-0.3, -0.25) is 9.59 Å². The zero-order valence-corrected chi connectivity index (χ0v) is 20.8. The molecule has 1 aliphatic rings. The van der Waals surface area contributed by atoms with E-state index in [1.165, 1.54) is 0 Å². The summed E-state index contributed by atoms with van der Waals surface area (Å²) < 4.78 is 11.2. The molecule has 0 radical (unpaired) electrons. The molecule has 1 N–H and O–H groups in total. The highest BCUT2D eigenvalue weighted by Crippen LogP contribution is 2.42. The molecule has 1 heterocycles. The predicted octanol–water partition coefficient (Wildman–Crippen LogP) is 4.08. The van der Waals surface area contributed by atoms with E-state index < -0.39 is 17.7 Å². The Kier molecular flexibility index (Phi) is 7.99. The summed E-state index contributed by atoms with van der Waals surface area (Å²) in [6, 6.07) is 10.3. The second-order valence-corrected chi connectivity index (χ2v) is 8.81. The minimum absolute atomic E-state index is 0.0924. The third-order valence-corrected chi connectivity index (χ3v) is 6.00. The Labute approximate surface area is 201 Å². The van der Waals surface area contributed by atoms with Gasteiger partial charge >= 0.3 is 0 Å². The smallest absolute Gasteiger partial charge is 0.295 e. The number of nitrogens with zero attached hydrogens (tertiary/aromatic N) is 2. The first-order valence-electron chi connectivity index (χ1n) is 11.5. The number of amides is 1. The molecule has 34 heavy (non-hydrogen) atoms. The molecule has 0 saturated carbocycles. The lowest BCUT2D eigenvalue weighted by atomic mass is 9.93. The van der Waals surface area contributed by atoms with Crippen LogP contribution in [0.25, 0.3) is 5.76 Å². The zero-order chi connectivity index (χ0) is 25.0. The number of aryl methyl sites for hydroxylation is 2. The Morgan fingerprint density at radius 2 is 1.82 bits per heavy atom. The van der Waals surface area contributed by atoms with E-state index in [4.69, 9.17) is 9.47 Å². The molecule has 0 bridgehead atoms. The number of aliphatic hydroxyl groups excluding tert-OH is 1. The number of carbonyl (C=O) groups excluding carboxylic acids is 2. The number of aliphatic hydroxyl groups is 1. The molecule has 1 unspecified atom stereocenters. The summed E-state index contributed by atoms with van der Waals surface area (Å²) in [5.74, 6) is -0.366. The highest BCUT2D eigenvalue weighted by atomic mass is 16.5. The maximum atomic E-state index is 13.3. The molecule has 1 atom stereocenters. The molecule has 1 saturated heterocycles. The number of benzene rings is 2. The van der Waals surface area contributed by atoms with Gasteiger partial charge in [-0.15, -0.1) is 0 Å². The lowest BCUT2D eigenvalue weighted by Crippen LogP contribution is -2.32. The summed E-state index contributed by atoms with van der Waals surface area (Å²) >= 11 is 0. The van der Waals surface area contributed by atoms with E-state index in [1.807, 2.05) is 64.0 Å². The van der Waals surface area contributed by atoms with Crippen LogP contribution in [0.1, 0.15) is 41.6 Å². The van der Waals surface area contributed by atoms with Crippen molar-refractivity contribution in [1.82, 2.24) is 9.80 Å². The number of rotatable bonds is 9. The monoisotopic (exact) mass is 466 g/mol. The summed E-state index contributed by atoms with van der Waals surface area (Å²) in [6.45, 7) is 7.30. The average molecular weight is 467 g/mol. The molecule has 7 nitrogen and oxygen atoms in total. The Bertz CT molecular complexity index is 1110. The van der Waals surface area contributed by atoms with Crippen LogP contribution in [0.3, 0.4) is 0 Å². The number of hydrogen-bond donors (Lipinski definition) is 1. The summed E-state index contributed by atoms with van der Waals surface area (Å²) in [7, 11) is 5.47. The Morgan fingerprint density at radius 3 is 2.47 bits per heavy atom. The van der Waals surface area contributed by atoms with Crippen molar-refractivity contribution in [3.05, 3.63) is 64.2 Å². The highest BCUT2D eigenvalue weighted by molar-refractivity contribution is 6.46. The van der Waals surface area contributed by atoms with Crippen LogP contribution in [0.4, 0.5) is 0 Å². The van der Waals surface area contributed by atoms with Gasteiger partial charge in [0, 0.05) is 12.1 Å². The first kappa shape index (κ1) is 25.3. The Hall–Kier alpha value is -3.32. The molecular formula is C27H34N2O5. The second kappa shape index (κ2) is 10.7. The van der Waals surface area contributed by atoms with Gasteiger partial charge in [-0.05, 0) is 77.2 Å². The molecule has 1 amide bonds. The van der Waals surface area contributed by atoms with E-state index in [2.05, 4.69) is 0 Å². The minimum Gasteiger partial charge on any atom is -0.507 e. The molecule has 2 aromatic carbocycles. The highest BCUT2D eigenvalue weighted by Gasteiger charge is 2.46. The second-order valence-electron chi connectivity index (χ2n) is 8.81. The van der Waals surface area contributed by atoms with Gasteiger partial charge in [0.05, 0.1) is 25.3 Å². The van der Waals surface area contributed by atoms with Gasteiger partial charge < -0.3 is 24.4 Å². The van der Waals surface area contributed by atoms with Crippen LogP contribution in [0.2, 0.25) is 0 Å². The fourth-order valence-electron chi connectivity index (χ4n) is 4.28. The van der Waals surface area contributed by atoms with Crippen molar-refractivity contribution in [2.75, 3.05) is 40.9 Å². The minimum atomic E-state index is -0.730. The number of ketones is 1. The lowest BCUT2D eigenvalue weighted by molar-refractivity contribution is -0.139. The Morgan fingerprint density at radius 1 is 1.09 bits per heavy atom. The summed E-state index contributed by atoms with van der Waals surface area (Å²) in [6.07, 6.45) is 0.689. The van der Waals surface area contributed by atoms with Crippen molar-refractivity contribution in [3.63, 3.8) is 0 Å². The maximum Gasteiger partial charge on any atom is 0.295 e. The fourth-order valence-corrected chi connectivity index (χ4v) is 4.28. The van der Waals surface area contributed by atoms with Crippen molar-refractivity contribution >= 4 is 17.4 Å². The van der Waals surface area contributed by atoms with Gasteiger partial charge in [-0.1, -0.05) is 23.8 Å². The van der Waals surface area contributed by atoms with Crippen molar-refractivity contribution in [2.24, 2.45) is 0 Å². The number of carbonyl (C=O) groups is 2. The molecule has 1 fully saturated rings. The molecule has 2 aromatic rings. The van der Waals surface area contributed by atoms with Crippen molar-refractivity contribution < 1.29 is 24.2 Å². The first-order valence-corrected chi connectivity index (χ1v) is 11.5. The number of Topliss-reactive ketones (excluding diaryl/α,β-unsaturated/α-hetero) is 1. The summed E-state index contributed by atoms with van der Waals surface area (Å²) in [5, 5.41) is 11.4. The molecule has 182 valence electrons. The van der Waals surface area contributed by atoms with Gasteiger partial charge in [0.1, 0.15) is 5.76 Å². The van der Waals surface area contributed by atoms with Crippen molar-refractivity contribution in [1.29, 1.82) is 0 Å². The van der Waals surface area contributed by atoms with E-state index in [0.717, 1.165) is 17.7 Å². The number of hydrogen-bond acceptors (Lipinski definition) is 6. The van der Waals surface area contributed by atoms with E-state index >= 15 is 0 Å². The SMILES string of the molecule is CCOc1ccc(C2/C(=C(\O)c3cc(C)ccc3C)C(=O)C(=O)N2CCCN(C)C)cc1OC. The largest absolute Gasteiger partial charge is 0.507 e. The van der Waals surface area contributed by atoms with Crippen LogP contribution in [-0.4, -0.2) is 67.5 Å². The summed E-state index contributed by atoms with van der Waals surface area (Å²) in [4.78, 5) is 30.0. The van der Waals surface area contributed by atoms with Gasteiger partial charge in [0.15, 0.2) is 11.5 Å². The van der Waals surface area contributed by atoms with Crippen LogP contribution in [0.15, 0.2) is 42.0 Å². The molecule has 7 heteroatoms. The van der Waals surface area contributed by atoms with E-state index in [9.17, 15) is 14.7 Å². The Balaban J connectivity index is 2.18. The number of likely N-dealkylation sites (tertiary alicyclic amines) is 1. The third-order valence-electron chi connectivity index (χ3n) is 6.00. The maximum absolute atomic E-state index is 13.3. The van der Waals surface area contributed by atoms with E-state index in [1.54, 1.807) is 24.1 Å². The van der Waals surface area contributed by atoms with Crippen LogP contribution in [0.5, 0.6) is 11.5 Å². The fraction of sp³-hybridized carbons (Fsp3) is 0.407. The third kappa shape index (κ3) is 5.09. The molecule has 0 aliphatic carbocycles. The first-order chi connectivity index (χ1) is 16.2. The standard InChI is InChI=1S/C27H34N2O5/c1-7-34-21-12-11-19(16-22(21)33-6)24-23(25(30)20-15-17(2)9-10-18(20)3)26(31)27(32)29(24)14-8-13-28(4)5/h9-12,15-16,24,30H,7-8,13-14H2,1-6H3/b25-23+. The zero-order valence-electron chi connectivity index (χ0n) is 20.8. The predicted molar refractivity (Wildman–Crippen MR) is 132 cm³/mol. The van der Waals surface area contributed by atoms with Crippen LogP contribution >= 0.6 is 0 Å². The van der Waals surface area contributed by atoms with Gasteiger partial charge in [-0.25, -0.2) is 0 Å². The normalized spacial score (nSPS) is 17.5. The summed E-state index contributed by atoms with van der Waals surface area (Å²) in [5.41, 5.74) is 3.09. The van der Waals surface area contributed by atoms with Crippen molar-refractivity contribution in [3.8, 4) is 11.5 Å². The van der Waals surface area contributed by atoms with Crippen LogP contribution in [-0.2, 0) is 9.59 Å². The lowest BCUT2D eigenvalue weighted by Gasteiger charge is -2.26. The molecular weight excluding hydrogens is 432 g/mol. The molecule has 1 aliphatic heterocycles. The molecule has 0 spiro atoms. The number of ether oxygens (including phenoxy) is 2. The van der Waals surface area contributed by atoms with Gasteiger partial charge in [0.2, 0.25) is 0 Å². The quantitative estimate of drug-likeness (QED) is 0.341. The van der Waals surface area contributed by atoms with E-state index in [-0.39, 0.29) is 11.3 Å². The molecule has 0 aromatic heterocycles. The van der Waals surface area contributed by atoms with Gasteiger partial charge in [0.25, 0.3) is 11.7 Å². The van der Waals surface area contributed by atoms with Crippen LogP contribution in [0, 0.1) is 13.8 Å². The van der Waals surface area contributed by atoms with Crippen molar-refractivity contribution in [2.45, 2.75) is 33.2 Å². The number of methoxy groups -OCH3 is 1. The molecule has 3 rings (SSSR count). The average Bonchev–Trinajstić information content (AvgIpc) is 3.05. The topological polar surface area (TPSA) is 79.3 Å². The van der Waals surface area contributed by atoms with E-state index in [0.29, 0.717) is 42.2 Å².